The molecule has 1 unspecified atom stereocenters. The summed E-state index contributed by atoms with van der Waals surface area (Å²) in [4.78, 5) is 4.23. The van der Waals surface area contributed by atoms with Gasteiger partial charge in [0.1, 0.15) is 0 Å². The van der Waals surface area contributed by atoms with Crippen molar-refractivity contribution >= 4 is 0 Å². The Morgan fingerprint density at radius 2 is 2.43 bits per heavy atom. The Labute approximate surface area is 85.3 Å². The number of aromatic nitrogens is 2. The number of rotatable bonds is 5. The fourth-order valence-corrected chi connectivity index (χ4v) is 2.09. The lowest BCUT2D eigenvalue weighted by atomic mass is 10.1. The topological polar surface area (TPSA) is 43.8 Å². The summed E-state index contributed by atoms with van der Waals surface area (Å²) in [7, 11) is 0. The Morgan fingerprint density at radius 1 is 1.64 bits per heavy atom. The second-order valence-corrected chi connectivity index (χ2v) is 4.18. The largest absolute Gasteiger partial charge is 0.330 e. The van der Waals surface area contributed by atoms with Crippen molar-refractivity contribution in [3.8, 4) is 0 Å². The highest BCUT2D eigenvalue weighted by molar-refractivity contribution is 5.03. The van der Waals surface area contributed by atoms with Crippen LogP contribution in [-0.2, 0) is 6.42 Å². The van der Waals surface area contributed by atoms with Gasteiger partial charge in [0.2, 0.25) is 0 Å². The van der Waals surface area contributed by atoms with Gasteiger partial charge in [0.05, 0.1) is 6.33 Å². The Morgan fingerprint density at radius 3 is 3.00 bits per heavy atom. The number of aryl methyl sites for hydroxylation is 1. The molecule has 0 spiro atoms. The molecule has 0 radical (unpaired) electrons. The van der Waals surface area contributed by atoms with Crippen molar-refractivity contribution in [2.75, 3.05) is 6.54 Å². The number of nitrogens with two attached hydrogens (primary N) is 1. The van der Waals surface area contributed by atoms with Gasteiger partial charge in [0.15, 0.2) is 0 Å². The molecule has 0 amide bonds. The first-order valence-corrected chi connectivity index (χ1v) is 5.57. The summed E-state index contributed by atoms with van der Waals surface area (Å²) in [5.74, 6) is 0.810. The van der Waals surface area contributed by atoms with Gasteiger partial charge in [-0.05, 0) is 25.2 Å². The third-order valence-electron chi connectivity index (χ3n) is 3.02. The molecule has 1 atom stereocenters. The van der Waals surface area contributed by atoms with Gasteiger partial charge < -0.3 is 10.3 Å². The van der Waals surface area contributed by atoms with E-state index in [9.17, 15) is 0 Å². The van der Waals surface area contributed by atoms with E-state index in [0.29, 0.717) is 6.04 Å². The van der Waals surface area contributed by atoms with Crippen LogP contribution < -0.4 is 5.73 Å². The monoisotopic (exact) mass is 193 g/mol. The fraction of sp³-hybridized carbons (Fsp3) is 0.727. The van der Waals surface area contributed by atoms with Crippen LogP contribution in [0.5, 0.6) is 0 Å². The first kappa shape index (κ1) is 9.71. The first-order valence-electron chi connectivity index (χ1n) is 5.57. The Kier molecular flexibility index (Phi) is 2.87. The maximum atomic E-state index is 5.82. The summed E-state index contributed by atoms with van der Waals surface area (Å²) in [6, 6.07) is 0.499. The molecule has 0 aromatic carbocycles. The fourth-order valence-electron chi connectivity index (χ4n) is 2.09. The van der Waals surface area contributed by atoms with Crippen LogP contribution in [-0.4, -0.2) is 16.1 Å². The highest BCUT2D eigenvalue weighted by Gasteiger charge is 2.32. The Balaban J connectivity index is 2.15. The minimum Gasteiger partial charge on any atom is -0.330 e. The van der Waals surface area contributed by atoms with Gasteiger partial charge in [-0.2, -0.15) is 0 Å². The Hall–Kier alpha value is -0.830. The van der Waals surface area contributed by atoms with E-state index in [1.807, 2.05) is 12.5 Å². The van der Waals surface area contributed by atoms with E-state index in [0.717, 1.165) is 18.9 Å². The van der Waals surface area contributed by atoms with E-state index in [2.05, 4.69) is 16.5 Å². The summed E-state index contributed by atoms with van der Waals surface area (Å²) in [6.07, 6.45) is 8.89. The van der Waals surface area contributed by atoms with E-state index in [-0.39, 0.29) is 0 Å². The predicted octanol–water partition coefficient (Wildman–Crippen LogP) is 1.75. The summed E-state index contributed by atoms with van der Waals surface area (Å²) < 4.78 is 2.29. The van der Waals surface area contributed by atoms with Crippen LogP contribution in [0.1, 0.15) is 37.9 Å². The molecular formula is C11H19N3. The molecule has 0 saturated heterocycles. The van der Waals surface area contributed by atoms with Gasteiger partial charge >= 0.3 is 0 Å². The molecule has 1 aliphatic carbocycles. The molecule has 3 nitrogen and oxygen atoms in total. The predicted molar refractivity (Wildman–Crippen MR) is 57.0 cm³/mol. The van der Waals surface area contributed by atoms with E-state index < -0.39 is 0 Å². The third-order valence-corrected chi connectivity index (χ3v) is 3.02. The van der Waals surface area contributed by atoms with Gasteiger partial charge in [-0.3, -0.25) is 0 Å². The van der Waals surface area contributed by atoms with E-state index in [1.165, 1.54) is 25.0 Å². The van der Waals surface area contributed by atoms with Crippen molar-refractivity contribution in [3.05, 3.63) is 18.2 Å². The number of hydrogen-bond donors (Lipinski definition) is 1. The molecule has 1 saturated carbocycles. The smallest absolute Gasteiger partial charge is 0.0951 e. The highest BCUT2D eigenvalue weighted by Crippen LogP contribution is 2.39. The van der Waals surface area contributed by atoms with Crippen molar-refractivity contribution < 1.29 is 0 Å². The number of hydrogen-bond acceptors (Lipinski definition) is 2. The molecule has 0 aliphatic heterocycles. The molecule has 1 aromatic rings. The van der Waals surface area contributed by atoms with Gasteiger partial charge in [-0.1, -0.05) is 13.3 Å². The van der Waals surface area contributed by atoms with Crippen molar-refractivity contribution in [2.45, 2.75) is 38.6 Å². The SMILES string of the molecule is CCCc1cncn1C(CN)C1CC1. The lowest BCUT2D eigenvalue weighted by molar-refractivity contribution is 0.441. The average Bonchev–Trinajstić information content (AvgIpc) is 2.91. The van der Waals surface area contributed by atoms with E-state index >= 15 is 0 Å². The molecule has 1 heterocycles. The quantitative estimate of drug-likeness (QED) is 0.774. The van der Waals surface area contributed by atoms with Crippen molar-refractivity contribution in [1.82, 2.24) is 9.55 Å². The van der Waals surface area contributed by atoms with Crippen molar-refractivity contribution in [3.63, 3.8) is 0 Å². The molecule has 3 heteroatoms. The van der Waals surface area contributed by atoms with Gasteiger partial charge in [0, 0.05) is 24.5 Å². The molecule has 2 N–H and O–H groups in total. The minimum atomic E-state index is 0.499. The molecule has 0 bridgehead atoms. The Bertz CT molecular complexity index is 288. The van der Waals surface area contributed by atoms with Crippen LogP contribution in [0.15, 0.2) is 12.5 Å². The lowest BCUT2D eigenvalue weighted by Crippen LogP contribution is -2.22. The molecule has 1 aliphatic rings. The second kappa shape index (κ2) is 4.13. The molecular weight excluding hydrogens is 174 g/mol. The van der Waals surface area contributed by atoms with Gasteiger partial charge in [0.25, 0.3) is 0 Å². The minimum absolute atomic E-state index is 0.499. The zero-order chi connectivity index (χ0) is 9.97. The number of nitrogens with zero attached hydrogens (tertiary/aromatic N) is 2. The molecule has 2 rings (SSSR count). The summed E-state index contributed by atoms with van der Waals surface area (Å²) in [5.41, 5.74) is 7.16. The van der Waals surface area contributed by atoms with E-state index in [4.69, 9.17) is 5.73 Å². The third kappa shape index (κ3) is 1.82. The zero-order valence-electron chi connectivity index (χ0n) is 8.82. The number of imidazole rings is 1. The van der Waals surface area contributed by atoms with Crippen LogP contribution in [0, 0.1) is 5.92 Å². The normalized spacial score (nSPS) is 18.4. The highest BCUT2D eigenvalue weighted by atomic mass is 15.1. The van der Waals surface area contributed by atoms with Crippen molar-refractivity contribution in [1.29, 1.82) is 0 Å². The molecule has 78 valence electrons. The maximum Gasteiger partial charge on any atom is 0.0951 e. The standard InChI is InChI=1S/C11H19N3/c1-2-3-10-7-13-8-14(10)11(6-12)9-4-5-9/h7-9,11H,2-6,12H2,1H3. The molecule has 1 aromatic heterocycles. The van der Waals surface area contributed by atoms with Crippen LogP contribution >= 0.6 is 0 Å². The van der Waals surface area contributed by atoms with Gasteiger partial charge in [-0.15, -0.1) is 0 Å². The zero-order valence-corrected chi connectivity index (χ0v) is 8.82. The van der Waals surface area contributed by atoms with E-state index in [1.54, 1.807) is 0 Å². The lowest BCUT2D eigenvalue weighted by Gasteiger charge is -2.18. The van der Waals surface area contributed by atoms with Crippen LogP contribution in [0.3, 0.4) is 0 Å². The summed E-state index contributed by atoms with van der Waals surface area (Å²) in [6.45, 7) is 2.95. The van der Waals surface area contributed by atoms with Crippen molar-refractivity contribution in [2.24, 2.45) is 11.7 Å². The average molecular weight is 193 g/mol. The molecule has 14 heavy (non-hydrogen) atoms. The second-order valence-electron chi connectivity index (χ2n) is 4.18. The summed E-state index contributed by atoms with van der Waals surface area (Å²) >= 11 is 0. The first-order chi connectivity index (χ1) is 6.86. The van der Waals surface area contributed by atoms with Crippen LogP contribution in [0.25, 0.3) is 0 Å². The summed E-state index contributed by atoms with van der Waals surface area (Å²) in [5, 5.41) is 0. The van der Waals surface area contributed by atoms with Crippen LogP contribution in [0.2, 0.25) is 0 Å². The van der Waals surface area contributed by atoms with Gasteiger partial charge in [-0.25, -0.2) is 4.98 Å². The molecule has 1 fully saturated rings. The van der Waals surface area contributed by atoms with Crippen LogP contribution in [0.4, 0.5) is 0 Å². The maximum absolute atomic E-state index is 5.82.